The van der Waals surface area contributed by atoms with Crippen LogP contribution in [0.4, 0.5) is 4.39 Å². The molecule has 1 aliphatic carbocycles. The zero-order valence-electron chi connectivity index (χ0n) is 16.2. The largest absolute Gasteiger partial charge is 0.352 e. The predicted molar refractivity (Wildman–Crippen MR) is 113 cm³/mol. The molecule has 29 heavy (non-hydrogen) atoms. The Bertz CT molecular complexity index is 853. The van der Waals surface area contributed by atoms with Gasteiger partial charge in [0.1, 0.15) is 17.2 Å². The molecule has 2 aromatic carbocycles. The predicted octanol–water partition coefficient (Wildman–Crippen LogP) is 4.53. The molecule has 4 nitrogen and oxygen atoms in total. The molecule has 2 aliphatic rings. The third-order valence-electron chi connectivity index (χ3n) is 5.67. The number of amides is 2. The van der Waals surface area contributed by atoms with E-state index < -0.39 is 6.04 Å². The van der Waals surface area contributed by atoms with Gasteiger partial charge < -0.3 is 10.2 Å². The summed E-state index contributed by atoms with van der Waals surface area (Å²) in [5.74, 6) is -0.167. The fraction of sp³-hybridized carbons (Fsp3) is 0.391. The number of benzene rings is 2. The molecule has 1 saturated carbocycles. The highest BCUT2D eigenvalue weighted by Gasteiger charge is 2.43. The van der Waals surface area contributed by atoms with E-state index in [1.54, 1.807) is 16.7 Å². The zero-order chi connectivity index (χ0) is 20.2. The van der Waals surface area contributed by atoms with Crippen molar-refractivity contribution in [3.8, 4) is 0 Å². The highest BCUT2D eigenvalue weighted by atomic mass is 32.2. The van der Waals surface area contributed by atoms with Crippen LogP contribution in [0.15, 0.2) is 54.6 Å². The molecule has 2 aromatic rings. The summed E-state index contributed by atoms with van der Waals surface area (Å²) >= 11 is 1.60. The van der Waals surface area contributed by atoms with Gasteiger partial charge in [-0.3, -0.25) is 9.59 Å². The van der Waals surface area contributed by atoms with Gasteiger partial charge in [-0.05, 0) is 42.7 Å². The minimum Gasteiger partial charge on any atom is -0.352 e. The maximum atomic E-state index is 13.4. The minimum atomic E-state index is -0.537. The third kappa shape index (κ3) is 4.47. The summed E-state index contributed by atoms with van der Waals surface area (Å²) in [5, 5.41) is 2.93. The van der Waals surface area contributed by atoms with Gasteiger partial charge in [-0.2, -0.15) is 0 Å². The van der Waals surface area contributed by atoms with Gasteiger partial charge in [0.25, 0.3) is 5.91 Å². The van der Waals surface area contributed by atoms with E-state index in [2.05, 4.69) is 5.32 Å². The first-order valence-electron chi connectivity index (χ1n) is 10.2. The lowest BCUT2D eigenvalue weighted by atomic mass is 9.95. The number of nitrogens with zero attached hydrogens (tertiary/aromatic N) is 1. The molecule has 0 bridgehead atoms. The molecule has 0 radical (unpaired) electrons. The molecule has 4 rings (SSSR count). The standard InChI is InChI=1S/C23H25FN2O2S/c24-18-13-11-16(12-14-18)22(28)26-20(21(27)25-19-9-5-2-6-10-19)15-29-23(26)17-7-3-1-4-8-17/h1,3-4,7-8,11-14,19-20,23H,2,5-6,9-10,15H2,(H,25,27). The van der Waals surface area contributed by atoms with Gasteiger partial charge in [-0.1, -0.05) is 49.6 Å². The monoisotopic (exact) mass is 412 g/mol. The quantitative estimate of drug-likeness (QED) is 0.803. The van der Waals surface area contributed by atoms with Crippen LogP contribution in [0.1, 0.15) is 53.4 Å². The Morgan fingerprint density at radius 2 is 1.66 bits per heavy atom. The van der Waals surface area contributed by atoms with Crippen LogP contribution < -0.4 is 5.32 Å². The van der Waals surface area contributed by atoms with Gasteiger partial charge in [0.05, 0.1) is 0 Å². The van der Waals surface area contributed by atoms with Crippen LogP contribution in [0.25, 0.3) is 0 Å². The van der Waals surface area contributed by atoms with Crippen molar-refractivity contribution in [3.63, 3.8) is 0 Å². The molecule has 152 valence electrons. The van der Waals surface area contributed by atoms with Gasteiger partial charge >= 0.3 is 0 Å². The Morgan fingerprint density at radius 3 is 2.34 bits per heavy atom. The Labute approximate surface area is 174 Å². The lowest BCUT2D eigenvalue weighted by Gasteiger charge is -2.31. The zero-order valence-corrected chi connectivity index (χ0v) is 17.0. The molecule has 1 N–H and O–H groups in total. The first-order valence-corrected chi connectivity index (χ1v) is 11.2. The summed E-state index contributed by atoms with van der Waals surface area (Å²) in [7, 11) is 0. The lowest BCUT2D eigenvalue weighted by molar-refractivity contribution is -0.125. The summed E-state index contributed by atoms with van der Waals surface area (Å²) < 4.78 is 13.3. The van der Waals surface area contributed by atoms with Crippen LogP contribution >= 0.6 is 11.8 Å². The summed E-state index contributed by atoms with van der Waals surface area (Å²) in [6.07, 6.45) is 5.49. The van der Waals surface area contributed by atoms with Crippen molar-refractivity contribution in [2.75, 3.05) is 5.75 Å². The van der Waals surface area contributed by atoms with E-state index in [1.165, 1.54) is 30.7 Å². The highest BCUT2D eigenvalue weighted by Crippen LogP contribution is 2.42. The van der Waals surface area contributed by atoms with Crippen LogP contribution in [-0.4, -0.2) is 34.6 Å². The molecule has 2 amide bonds. The number of hydrogen-bond acceptors (Lipinski definition) is 3. The second kappa shape index (κ2) is 8.99. The fourth-order valence-corrected chi connectivity index (χ4v) is 5.55. The number of halogens is 1. The number of rotatable bonds is 4. The Morgan fingerprint density at radius 1 is 0.966 bits per heavy atom. The lowest BCUT2D eigenvalue weighted by Crippen LogP contribution is -2.50. The fourth-order valence-electron chi connectivity index (χ4n) is 4.12. The van der Waals surface area contributed by atoms with Crippen LogP contribution in [-0.2, 0) is 4.79 Å². The normalized spacial score (nSPS) is 22.4. The maximum absolute atomic E-state index is 13.4. The topological polar surface area (TPSA) is 49.4 Å². The van der Waals surface area contributed by atoms with E-state index in [1.807, 2.05) is 30.3 Å². The maximum Gasteiger partial charge on any atom is 0.255 e. The summed E-state index contributed by atoms with van der Waals surface area (Å²) in [4.78, 5) is 28.1. The van der Waals surface area contributed by atoms with Crippen molar-refractivity contribution >= 4 is 23.6 Å². The van der Waals surface area contributed by atoms with E-state index in [-0.39, 0.29) is 29.0 Å². The molecule has 2 atom stereocenters. The average Bonchev–Trinajstić information content (AvgIpc) is 3.20. The number of hydrogen-bond donors (Lipinski definition) is 1. The molecule has 0 aromatic heterocycles. The first kappa shape index (κ1) is 20.0. The van der Waals surface area contributed by atoms with E-state index in [9.17, 15) is 14.0 Å². The van der Waals surface area contributed by atoms with Gasteiger partial charge in [-0.15, -0.1) is 11.8 Å². The van der Waals surface area contributed by atoms with Crippen molar-refractivity contribution in [2.45, 2.75) is 49.6 Å². The van der Waals surface area contributed by atoms with E-state index in [0.717, 1.165) is 31.2 Å². The van der Waals surface area contributed by atoms with E-state index in [4.69, 9.17) is 0 Å². The summed E-state index contributed by atoms with van der Waals surface area (Å²) in [5.41, 5.74) is 1.38. The smallest absolute Gasteiger partial charge is 0.255 e. The summed E-state index contributed by atoms with van der Waals surface area (Å²) in [6, 6.07) is 15.0. The Hall–Kier alpha value is -2.34. The molecule has 6 heteroatoms. The average molecular weight is 413 g/mol. The number of thioether (sulfide) groups is 1. The van der Waals surface area contributed by atoms with Crippen molar-refractivity contribution in [3.05, 3.63) is 71.5 Å². The van der Waals surface area contributed by atoms with Crippen LogP contribution in [0.2, 0.25) is 0 Å². The van der Waals surface area contributed by atoms with Crippen molar-refractivity contribution < 1.29 is 14.0 Å². The molecule has 1 saturated heterocycles. The number of carbonyl (C=O) groups is 2. The van der Waals surface area contributed by atoms with E-state index >= 15 is 0 Å². The molecule has 2 fully saturated rings. The minimum absolute atomic E-state index is 0.0849. The number of nitrogens with one attached hydrogen (secondary N) is 1. The molecule has 2 unspecified atom stereocenters. The molecule has 1 heterocycles. The third-order valence-corrected chi connectivity index (χ3v) is 6.99. The summed E-state index contributed by atoms with van der Waals surface area (Å²) in [6.45, 7) is 0. The number of carbonyl (C=O) groups excluding carboxylic acids is 2. The molecular formula is C23H25FN2O2S. The molecular weight excluding hydrogens is 387 g/mol. The second-order valence-corrected chi connectivity index (χ2v) is 8.79. The Balaban J connectivity index is 1.60. The van der Waals surface area contributed by atoms with Crippen LogP contribution in [0.3, 0.4) is 0 Å². The van der Waals surface area contributed by atoms with Gasteiger partial charge in [0, 0.05) is 17.4 Å². The highest BCUT2D eigenvalue weighted by molar-refractivity contribution is 7.99. The van der Waals surface area contributed by atoms with Gasteiger partial charge in [-0.25, -0.2) is 4.39 Å². The SMILES string of the molecule is O=C(NC1CCCCC1)C1CSC(c2ccccc2)N1C(=O)c1ccc(F)cc1. The van der Waals surface area contributed by atoms with Crippen LogP contribution in [0, 0.1) is 5.82 Å². The Kier molecular flexibility index (Phi) is 6.19. The van der Waals surface area contributed by atoms with Crippen molar-refractivity contribution in [1.29, 1.82) is 0 Å². The second-order valence-electron chi connectivity index (χ2n) is 7.68. The first-order chi connectivity index (χ1) is 14.1. The van der Waals surface area contributed by atoms with Crippen molar-refractivity contribution in [2.24, 2.45) is 0 Å². The van der Waals surface area contributed by atoms with Crippen molar-refractivity contribution in [1.82, 2.24) is 10.2 Å². The van der Waals surface area contributed by atoms with E-state index in [0.29, 0.717) is 11.3 Å². The molecule has 0 spiro atoms. The van der Waals surface area contributed by atoms with Crippen LogP contribution in [0.5, 0.6) is 0 Å². The molecule has 1 aliphatic heterocycles. The van der Waals surface area contributed by atoms with Gasteiger partial charge in [0.15, 0.2) is 0 Å². The van der Waals surface area contributed by atoms with Gasteiger partial charge in [0.2, 0.25) is 5.91 Å².